The highest BCUT2D eigenvalue weighted by Gasteiger charge is 2.13. The van der Waals surface area contributed by atoms with Gasteiger partial charge in [-0.3, -0.25) is 4.79 Å². The maximum absolute atomic E-state index is 12.3. The van der Waals surface area contributed by atoms with Gasteiger partial charge in [-0.05, 0) is 36.8 Å². The van der Waals surface area contributed by atoms with Gasteiger partial charge in [-0.15, -0.1) is 0 Å². The Balaban J connectivity index is 2.14. The van der Waals surface area contributed by atoms with Gasteiger partial charge >= 0.3 is 0 Å². The van der Waals surface area contributed by atoms with Crippen molar-refractivity contribution in [1.82, 2.24) is 5.43 Å². The molecule has 0 aromatic heterocycles. The van der Waals surface area contributed by atoms with Crippen molar-refractivity contribution in [3.63, 3.8) is 0 Å². The summed E-state index contributed by atoms with van der Waals surface area (Å²) in [5, 5.41) is 13.8. The maximum atomic E-state index is 12.3. The number of hydrazone groups is 1. The maximum Gasteiger partial charge on any atom is 0.275 e. The molecule has 7 nitrogen and oxygen atoms in total. The number of benzene rings is 2. The molecule has 0 aliphatic rings. The van der Waals surface area contributed by atoms with Gasteiger partial charge in [-0.1, -0.05) is 11.6 Å². The van der Waals surface area contributed by atoms with E-state index in [-0.39, 0.29) is 16.5 Å². The number of methoxy groups -OCH3 is 2. The van der Waals surface area contributed by atoms with Crippen LogP contribution in [0.4, 0.5) is 0 Å². The number of aromatic hydroxyl groups is 1. The minimum Gasteiger partial charge on any atom is -0.503 e. The van der Waals surface area contributed by atoms with Crippen molar-refractivity contribution in [2.75, 3.05) is 20.8 Å². The lowest BCUT2D eigenvalue weighted by Gasteiger charge is -2.09. The second-order valence-electron chi connectivity index (χ2n) is 5.05. The number of hydrogen-bond acceptors (Lipinski definition) is 6. The molecule has 0 radical (unpaired) electrons. The molecule has 0 aliphatic heterocycles. The highest BCUT2D eigenvalue weighted by molar-refractivity contribution is 6.32. The lowest BCUT2D eigenvalue weighted by Crippen LogP contribution is -2.18. The van der Waals surface area contributed by atoms with E-state index >= 15 is 0 Å². The Morgan fingerprint density at radius 1 is 1.23 bits per heavy atom. The van der Waals surface area contributed by atoms with Gasteiger partial charge in [-0.2, -0.15) is 5.10 Å². The molecule has 0 saturated carbocycles. The van der Waals surface area contributed by atoms with Gasteiger partial charge in [0.1, 0.15) is 11.5 Å². The number of phenolic OH excluding ortho intramolecular Hbond substituents is 1. The minimum atomic E-state index is -0.448. The van der Waals surface area contributed by atoms with E-state index in [9.17, 15) is 9.90 Å². The molecule has 26 heavy (non-hydrogen) atoms. The molecular formula is C18H19ClN2O5. The summed E-state index contributed by atoms with van der Waals surface area (Å²) in [7, 11) is 2.99. The van der Waals surface area contributed by atoms with Crippen LogP contribution in [-0.4, -0.2) is 38.1 Å². The molecule has 0 saturated heterocycles. The third kappa shape index (κ3) is 4.58. The first kappa shape index (κ1) is 19.4. The van der Waals surface area contributed by atoms with Crippen molar-refractivity contribution in [1.29, 1.82) is 0 Å². The van der Waals surface area contributed by atoms with Crippen LogP contribution in [-0.2, 0) is 0 Å². The Labute approximate surface area is 156 Å². The third-order valence-electron chi connectivity index (χ3n) is 3.38. The predicted octanol–water partition coefficient (Wildman–Crippen LogP) is 3.23. The van der Waals surface area contributed by atoms with E-state index in [1.54, 1.807) is 31.2 Å². The van der Waals surface area contributed by atoms with E-state index in [1.165, 1.54) is 26.5 Å². The molecule has 8 heteroatoms. The van der Waals surface area contributed by atoms with Gasteiger partial charge in [0, 0.05) is 6.07 Å². The summed E-state index contributed by atoms with van der Waals surface area (Å²) in [5.41, 5.74) is 3.27. The number of halogens is 1. The summed E-state index contributed by atoms with van der Waals surface area (Å²) in [6.45, 7) is 2.16. The first-order valence-corrected chi connectivity index (χ1v) is 8.08. The normalized spacial score (nSPS) is 10.6. The standard InChI is InChI=1S/C18H19ClN2O5/c1-4-26-16-8-11(7-14(19)17(16)22)10-20-21-18(23)13-6-5-12(24-2)9-15(13)25-3/h5-10,22H,4H2,1-3H3,(H,21,23). The predicted molar refractivity (Wildman–Crippen MR) is 98.9 cm³/mol. The van der Waals surface area contributed by atoms with E-state index in [1.807, 2.05) is 0 Å². The first-order valence-electron chi connectivity index (χ1n) is 7.70. The zero-order chi connectivity index (χ0) is 19.1. The lowest BCUT2D eigenvalue weighted by molar-refractivity contribution is 0.0952. The van der Waals surface area contributed by atoms with Crippen molar-refractivity contribution in [3.05, 3.63) is 46.5 Å². The number of ether oxygens (including phenoxy) is 3. The largest absolute Gasteiger partial charge is 0.503 e. The Morgan fingerprint density at radius 2 is 2.00 bits per heavy atom. The molecule has 0 spiro atoms. The summed E-state index contributed by atoms with van der Waals surface area (Å²) in [6, 6.07) is 7.90. The Bertz CT molecular complexity index is 823. The third-order valence-corrected chi connectivity index (χ3v) is 3.67. The second kappa shape index (κ2) is 8.96. The molecule has 2 aromatic carbocycles. The van der Waals surface area contributed by atoms with E-state index in [2.05, 4.69) is 10.5 Å². The summed E-state index contributed by atoms with van der Waals surface area (Å²) < 4.78 is 15.6. The van der Waals surface area contributed by atoms with Gasteiger partial charge in [0.15, 0.2) is 11.5 Å². The Morgan fingerprint density at radius 3 is 2.65 bits per heavy atom. The number of nitrogens with zero attached hydrogens (tertiary/aromatic N) is 1. The molecule has 0 bridgehead atoms. The van der Waals surface area contributed by atoms with Crippen molar-refractivity contribution >= 4 is 23.7 Å². The van der Waals surface area contributed by atoms with E-state index < -0.39 is 5.91 Å². The Hall–Kier alpha value is -2.93. The van der Waals surface area contributed by atoms with Crippen molar-refractivity contribution in [2.45, 2.75) is 6.92 Å². The molecule has 0 atom stereocenters. The molecular weight excluding hydrogens is 360 g/mol. The van der Waals surface area contributed by atoms with Crippen molar-refractivity contribution < 1.29 is 24.1 Å². The monoisotopic (exact) mass is 378 g/mol. The molecule has 0 unspecified atom stereocenters. The fourth-order valence-corrected chi connectivity index (χ4v) is 2.36. The fraction of sp³-hybridized carbons (Fsp3) is 0.222. The van der Waals surface area contributed by atoms with Crippen LogP contribution in [0.2, 0.25) is 5.02 Å². The summed E-state index contributed by atoms with van der Waals surface area (Å²) in [4.78, 5) is 12.3. The van der Waals surface area contributed by atoms with Crippen LogP contribution in [0.15, 0.2) is 35.4 Å². The number of amides is 1. The summed E-state index contributed by atoms with van der Waals surface area (Å²) in [6.07, 6.45) is 1.39. The van der Waals surface area contributed by atoms with Gasteiger partial charge in [0.05, 0.1) is 37.6 Å². The topological polar surface area (TPSA) is 89.4 Å². The molecule has 1 amide bonds. The number of rotatable bonds is 7. The highest BCUT2D eigenvalue weighted by Crippen LogP contribution is 2.34. The lowest BCUT2D eigenvalue weighted by atomic mass is 10.2. The van der Waals surface area contributed by atoms with Crippen LogP contribution < -0.4 is 19.6 Å². The highest BCUT2D eigenvalue weighted by atomic mass is 35.5. The number of carbonyl (C=O) groups is 1. The van der Waals surface area contributed by atoms with Gasteiger partial charge in [-0.25, -0.2) is 5.43 Å². The Kier molecular flexibility index (Phi) is 6.68. The summed E-state index contributed by atoms with van der Waals surface area (Å²) >= 11 is 5.95. The quantitative estimate of drug-likeness (QED) is 0.570. The average molecular weight is 379 g/mol. The van der Waals surface area contributed by atoms with E-state index in [0.29, 0.717) is 29.2 Å². The smallest absolute Gasteiger partial charge is 0.275 e. The van der Waals surface area contributed by atoms with Crippen LogP contribution in [0.25, 0.3) is 0 Å². The number of phenols is 1. The zero-order valence-corrected chi connectivity index (χ0v) is 15.3. The fourth-order valence-electron chi connectivity index (χ4n) is 2.15. The molecule has 2 N–H and O–H groups in total. The zero-order valence-electron chi connectivity index (χ0n) is 14.6. The average Bonchev–Trinajstić information content (AvgIpc) is 2.65. The molecule has 138 valence electrons. The number of hydrogen-bond donors (Lipinski definition) is 2. The van der Waals surface area contributed by atoms with E-state index in [0.717, 1.165) is 0 Å². The van der Waals surface area contributed by atoms with Gasteiger partial charge in [0.2, 0.25) is 0 Å². The number of nitrogens with one attached hydrogen (secondary N) is 1. The van der Waals surface area contributed by atoms with Crippen molar-refractivity contribution in [3.8, 4) is 23.0 Å². The van der Waals surface area contributed by atoms with Crippen LogP contribution in [0, 0.1) is 0 Å². The van der Waals surface area contributed by atoms with Crippen LogP contribution >= 0.6 is 11.6 Å². The summed E-state index contributed by atoms with van der Waals surface area (Å²) in [5.74, 6) is 0.588. The van der Waals surface area contributed by atoms with Gasteiger partial charge in [0.25, 0.3) is 5.91 Å². The SMILES string of the molecule is CCOc1cc(C=NNC(=O)c2ccc(OC)cc2OC)cc(Cl)c1O. The second-order valence-corrected chi connectivity index (χ2v) is 5.46. The van der Waals surface area contributed by atoms with E-state index in [4.69, 9.17) is 25.8 Å². The molecule has 2 aromatic rings. The first-order chi connectivity index (χ1) is 12.5. The molecule has 0 heterocycles. The van der Waals surface area contributed by atoms with Crippen LogP contribution in [0.1, 0.15) is 22.8 Å². The minimum absolute atomic E-state index is 0.126. The van der Waals surface area contributed by atoms with Crippen molar-refractivity contribution in [2.24, 2.45) is 5.10 Å². The molecule has 0 aliphatic carbocycles. The van der Waals surface area contributed by atoms with Gasteiger partial charge < -0.3 is 19.3 Å². The molecule has 2 rings (SSSR count). The van der Waals surface area contributed by atoms with Crippen LogP contribution in [0.5, 0.6) is 23.0 Å². The molecule has 0 fully saturated rings. The van der Waals surface area contributed by atoms with Crippen LogP contribution in [0.3, 0.4) is 0 Å². The number of carbonyl (C=O) groups excluding carboxylic acids is 1.